The zero-order valence-corrected chi connectivity index (χ0v) is 37.9. The number of pyridine rings is 1. The van der Waals surface area contributed by atoms with Crippen LogP contribution in [0.15, 0.2) is 66.6 Å². The number of rotatable bonds is 10. The quantitative estimate of drug-likeness (QED) is 0.0846. The summed E-state index contributed by atoms with van der Waals surface area (Å²) in [4.78, 5) is 18.6. The predicted molar refractivity (Wildman–Crippen MR) is 229 cm³/mol. The van der Waals surface area contributed by atoms with Crippen LogP contribution >= 0.6 is 22.7 Å². The van der Waals surface area contributed by atoms with E-state index in [1.807, 2.05) is 70.4 Å². The van der Waals surface area contributed by atoms with Crippen LogP contribution in [0.4, 0.5) is 0 Å². The van der Waals surface area contributed by atoms with E-state index >= 15 is 0 Å². The topological polar surface area (TPSA) is 50.2 Å². The van der Waals surface area contributed by atoms with Crippen molar-refractivity contribution in [3.63, 3.8) is 0 Å². The normalized spacial score (nSPS) is 12.8. The molecule has 285 valence electrons. The molecule has 53 heavy (non-hydrogen) atoms. The summed E-state index contributed by atoms with van der Waals surface area (Å²) in [5.41, 5.74) is 4.35. The fourth-order valence-corrected chi connectivity index (χ4v) is 9.63. The second-order valence-electron chi connectivity index (χ2n) is 16.6. The molecule has 3 aromatic heterocycles. The van der Waals surface area contributed by atoms with Crippen LogP contribution in [0, 0.1) is 29.7 Å². The summed E-state index contributed by atoms with van der Waals surface area (Å²) in [6, 6.07) is 21.6. The molecule has 0 unspecified atom stereocenters. The van der Waals surface area contributed by atoms with Gasteiger partial charge in [-0.05, 0) is 84.9 Å². The van der Waals surface area contributed by atoms with E-state index in [0.717, 1.165) is 48.7 Å². The van der Waals surface area contributed by atoms with Gasteiger partial charge in [0.2, 0.25) is 0 Å². The van der Waals surface area contributed by atoms with E-state index < -0.39 is 0 Å². The van der Waals surface area contributed by atoms with Crippen molar-refractivity contribution < 1.29 is 30.0 Å². The molecule has 0 saturated heterocycles. The van der Waals surface area contributed by atoms with Crippen molar-refractivity contribution in [3.05, 3.63) is 88.6 Å². The third-order valence-corrected chi connectivity index (χ3v) is 14.0. The first-order chi connectivity index (χ1) is 24.5. The van der Waals surface area contributed by atoms with Crippen LogP contribution in [0.25, 0.3) is 52.3 Å². The van der Waals surface area contributed by atoms with Crippen LogP contribution in [0.1, 0.15) is 118 Å². The third-order valence-electron chi connectivity index (χ3n) is 11.6. The Hall–Kier alpha value is -2.89. The van der Waals surface area contributed by atoms with Gasteiger partial charge < -0.3 is 5.11 Å². The molecule has 3 heterocycles. The molecular weight excluding hydrogens is 867 g/mol. The summed E-state index contributed by atoms with van der Waals surface area (Å²) in [5, 5.41) is 16.6. The van der Waals surface area contributed by atoms with Crippen molar-refractivity contribution in [2.24, 2.45) is 16.7 Å². The molecule has 0 saturated carbocycles. The van der Waals surface area contributed by atoms with Gasteiger partial charge in [0.1, 0.15) is 5.76 Å². The van der Waals surface area contributed by atoms with Gasteiger partial charge in [0, 0.05) is 73.3 Å². The minimum atomic E-state index is -0.337. The average Bonchev–Trinajstić information content (AvgIpc) is 3.64. The number of aryl methyl sites for hydroxylation is 1. The minimum absolute atomic E-state index is 0. The maximum absolute atomic E-state index is 12.2. The van der Waals surface area contributed by atoms with Crippen molar-refractivity contribution in [2.75, 3.05) is 0 Å². The number of nitrogens with zero attached hydrogens (tertiary/aromatic N) is 1. The van der Waals surface area contributed by atoms with Gasteiger partial charge in [-0.1, -0.05) is 105 Å². The maximum atomic E-state index is 12.2. The molecule has 3 aromatic carbocycles. The Labute approximate surface area is 339 Å². The number of hydrogen-bond donors (Lipinski definition) is 1. The molecule has 0 aliphatic rings. The number of carbonyl (C=O) groups excluding carboxylic acids is 1. The van der Waals surface area contributed by atoms with Crippen molar-refractivity contribution in [1.82, 2.24) is 4.98 Å². The fraction of sp³-hybridized carbons (Fsp3) is 0.447. The summed E-state index contributed by atoms with van der Waals surface area (Å²) in [6.07, 6.45) is 7.88. The van der Waals surface area contributed by atoms with E-state index in [1.54, 1.807) is 0 Å². The zero-order valence-electron chi connectivity index (χ0n) is 33.8. The predicted octanol–water partition coefficient (Wildman–Crippen LogP) is 14.7. The number of hydrogen-bond acceptors (Lipinski definition) is 5. The van der Waals surface area contributed by atoms with Gasteiger partial charge in [-0.15, -0.1) is 51.8 Å². The van der Waals surface area contributed by atoms with E-state index in [9.17, 15) is 9.90 Å². The Kier molecular flexibility index (Phi) is 13.6. The van der Waals surface area contributed by atoms with Crippen LogP contribution < -0.4 is 0 Å². The Balaban J connectivity index is 0.000000299. The van der Waals surface area contributed by atoms with Crippen molar-refractivity contribution in [1.29, 1.82) is 0 Å². The maximum Gasteiger partial charge on any atom is 0.164 e. The van der Waals surface area contributed by atoms with Gasteiger partial charge in [-0.3, -0.25) is 9.78 Å². The number of ketones is 1. The molecule has 0 bridgehead atoms. The van der Waals surface area contributed by atoms with Crippen LogP contribution in [0.5, 0.6) is 0 Å². The third kappa shape index (κ3) is 8.67. The van der Waals surface area contributed by atoms with Gasteiger partial charge >= 0.3 is 0 Å². The van der Waals surface area contributed by atoms with Crippen LogP contribution in [-0.4, -0.2) is 15.9 Å². The Bertz CT molecular complexity index is 2260. The molecule has 1 N–H and O–H groups in total. The standard InChI is InChI=1S/C32H30NS2.C15H28O2.Ir/c1-18(2)13-27-19(3)24-16-25-23-11-12-33-30(31(23)35-29(25)17-28(24)34-27)21-14-20-9-7-8-10-22(20)26(15-21)32(4,5)6;1-7-14(5,8-2)12(16)11-13(17)15(6,9-3)10-4;/h7-12,15-18H,13H2,1-6H3;11,16H,7-10H2,1-6H3;/q-1;;/b;12-11-;. The first-order valence-corrected chi connectivity index (χ1v) is 20.8. The molecule has 0 aliphatic heterocycles. The smallest absolute Gasteiger partial charge is 0.164 e. The summed E-state index contributed by atoms with van der Waals surface area (Å²) in [5.74, 6) is 0.960. The van der Waals surface area contributed by atoms with Gasteiger partial charge in [0.25, 0.3) is 0 Å². The molecule has 1 radical (unpaired) electrons. The summed E-state index contributed by atoms with van der Waals surface area (Å²) in [6.45, 7) is 25.8. The SMILES string of the molecule is CCC(C)(CC)C(=O)/C=C(\O)C(C)(CC)CC.Cc1c(CC(C)C)sc2cc3sc4c(-c5[c-]c6ccccc6c(C(C)(C)C)c5)nccc4c3cc12.[Ir]. The Morgan fingerprint density at radius 1 is 0.830 bits per heavy atom. The molecule has 3 nitrogen and oxygen atoms in total. The molecule has 0 aliphatic carbocycles. The second kappa shape index (κ2) is 16.9. The first-order valence-electron chi connectivity index (χ1n) is 19.1. The molecule has 0 atom stereocenters. The van der Waals surface area contributed by atoms with Crippen LogP contribution in [-0.2, 0) is 36.7 Å². The number of aliphatic hydroxyl groups is 1. The number of benzene rings is 3. The van der Waals surface area contributed by atoms with E-state index in [0.29, 0.717) is 5.92 Å². The molecular formula is C47H58IrNO2S2-. The number of allylic oxidation sites excluding steroid dienone is 2. The molecule has 0 fully saturated rings. The molecule has 6 rings (SSSR count). The van der Waals surface area contributed by atoms with E-state index in [1.165, 1.54) is 57.7 Å². The van der Waals surface area contributed by atoms with E-state index in [4.69, 9.17) is 4.98 Å². The largest absolute Gasteiger partial charge is 0.512 e. The summed E-state index contributed by atoms with van der Waals surface area (Å²) in [7, 11) is 0. The van der Waals surface area contributed by atoms with Gasteiger partial charge in [-0.2, -0.15) is 0 Å². The van der Waals surface area contributed by atoms with Gasteiger partial charge in [0.05, 0.1) is 0 Å². The van der Waals surface area contributed by atoms with E-state index in [-0.39, 0.29) is 47.9 Å². The molecule has 0 amide bonds. The number of fused-ring (bicyclic) bond motifs is 5. The average molecular weight is 925 g/mol. The first kappa shape index (κ1) is 42.8. The zero-order chi connectivity index (χ0) is 38.2. The molecule has 0 spiro atoms. The fourth-order valence-electron chi connectivity index (χ4n) is 6.89. The Morgan fingerprint density at radius 3 is 2.06 bits per heavy atom. The van der Waals surface area contributed by atoms with Crippen LogP contribution in [0.3, 0.4) is 0 Å². The minimum Gasteiger partial charge on any atom is -0.512 e. The van der Waals surface area contributed by atoms with Gasteiger partial charge in [0.15, 0.2) is 5.78 Å². The monoisotopic (exact) mass is 925 g/mol. The second-order valence-corrected chi connectivity index (χ2v) is 18.7. The molecule has 6 aromatic rings. The number of aliphatic hydroxyl groups excluding tert-OH is 1. The summed E-state index contributed by atoms with van der Waals surface area (Å²) >= 11 is 3.84. The van der Waals surface area contributed by atoms with Crippen LogP contribution in [0.2, 0.25) is 0 Å². The number of carbonyl (C=O) groups is 1. The van der Waals surface area contributed by atoms with Gasteiger partial charge in [-0.25, -0.2) is 0 Å². The van der Waals surface area contributed by atoms with Crippen molar-refractivity contribution in [3.8, 4) is 11.3 Å². The van der Waals surface area contributed by atoms with Crippen molar-refractivity contribution in [2.45, 2.75) is 121 Å². The summed E-state index contributed by atoms with van der Waals surface area (Å²) < 4.78 is 4.00. The van der Waals surface area contributed by atoms with E-state index in [2.05, 4.69) is 96.1 Å². The Morgan fingerprint density at radius 2 is 1.45 bits per heavy atom. The number of aromatic nitrogens is 1. The number of thiophene rings is 2. The molecule has 6 heteroatoms. The van der Waals surface area contributed by atoms with Crippen molar-refractivity contribution >= 4 is 69.5 Å².